The number of hydrogen-bond donors (Lipinski definition) is 1. The number of carbonyl (C=O) groups is 3. The van der Waals surface area contributed by atoms with Crippen molar-refractivity contribution >= 4 is 17.5 Å². The largest absolute Gasteiger partial charge is 0.355 e. The molecule has 1 aliphatic heterocycles. The zero-order valence-corrected chi connectivity index (χ0v) is 18.5. The van der Waals surface area contributed by atoms with Crippen molar-refractivity contribution in [3.8, 4) is 0 Å². The molecule has 0 radical (unpaired) electrons. The molecule has 1 unspecified atom stereocenters. The van der Waals surface area contributed by atoms with E-state index in [4.69, 9.17) is 0 Å². The van der Waals surface area contributed by atoms with E-state index in [9.17, 15) is 14.4 Å². The fourth-order valence-electron chi connectivity index (χ4n) is 4.34. The molecule has 1 saturated heterocycles. The van der Waals surface area contributed by atoms with Crippen molar-refractivity contribution < 1.29 is 14.4 Å². The molecular formula is C24H31N3O3. The fraction of sp³-hybridized carbons (Fsp3) is 0.458. The van der Waals surface area contributed by atoms with E-state index in [1.807, 2.05) is 56.9 Å². The van der Waals surface area contributed by atoms with Gasteiger partial charge in [0.05, 0.1) is 18.2 Å². The second-order valence-electron chi connectivity index (χ2n) is 8.24. The zero-order chi connectivity index (χ0) is 22.0. The summed E-state index contributed by atoms with van der Waals surface area (Å²) in [7, 11) is 0. The second kappa shape index (κ2) is 8.96. The van der Waals surface area contributed by atoms with E-state index in [0.717, 1.165) is 22.4 Å². The molecule has 1 N–H and O–H groups in total. The van der Waals surface area contributed by atoms with Crippen molar-refractivity contribution in [2.24, 2.45) is 0 Å². The molecule has 160 valence electrons. The number of nitrogens with zero attached hydrogens (tertiary/aromatic N) is 2. The molecule has 6 heteroatoms. The van der Waals surface area contributed by atoms with Crippen LogP contribution >= 0.6 is 0 Å². The molecule has 3 rings (SSSR count). The third-order valence-electron chi connectivity index (χ3n) is 6.23. The summed E-state index contributed by atoms with van der Waals surface area (Å²) in [5, 5.41) is 0. The van der Waals surface area contributed by atoms with E-state index in [0.29, 0.717) is 43.9 Å². The monoisotopic (exact) mass is 409 g/mol. The Morgan fingerprint density at radius 3 is 2.23 bits per heavy atom. The van der Waals surface area contributed by atoms with Gasteiger partial charge in [0.15, 0.2) is 11.6 Å². The minimum absolute atomic E-state index is 0.0113. The van der Waals surface area contributed by atoms with Gasteiger partial charge in [-0.3, -0.25) is 19.3 Å². The first kappa shape index (κ1) is 22.0. The van der Waals surface area contributed by atoms with E-state index >= 15 is 0 Å². The van der Waals surface area contributed by atoms with E-state index < -0.39 is 0 Å². The summed E-state index contributed by atoms with van der Waals surface area (Å²) in [5.41, 5.74) is 4.78. The van der Waals surface area contributed by atoms with Gasteiger partial charge in [0.2, 0.25) is 5.91 Å². The average molecular weight is 410 g/mol. The third kappa shape index (κ3) is 4.38. The smallest absolute Gasteiger partial charge is 0.227 e. The minimum Gasteiger partial charge on any atom is -0.355 e. The third-order valence-corrected chi connectivity index (χ3v) is 6.23. The van der Waals surface area contributed by atoms with Gasteiger partial charge in [0.1, 0.15) is 0 Å². The highest BCUT2D eigenvalue weighted by atomic mass is 16.2. The van der Waals surface area contributed by atoms with Crippen molar-refractivity contribution in [1.29, 1.82) is 0 Å². The Morgan fingerprint density at radius 1 is 1.03 bits per heavy atom. The topological polar surface area (TPSA) is 73.5 Å². The number of aryl methyl sites for hydroxylation is 2. The van der Waals surface area contributed by atoms with E-state index in [1.54, 1.807) is 0 Å². The lowest BCUT2D eigenvalue weighted by molar-refractivity contribution is -0.132. The Balaban J connectivity index is 1.61. The maximum Gasteiger partial charge on any atom is 0.227 e. The molecule has 1 atom stereocenters. The highest BCUT2D eigenvalue weighted by molar-refractivity contribution is 6.05. The molecule has 1 aromatic carbocycles. The quantitative estimate of drug-likeness (QED) is 0.744. The van der Waals surface area contributed by atoms with Crippen LogP contribution in [0, 0.1) is 20.8 Å². The SMILES string of the molecule is CC(=O)c1c(C)[nH]c(C(=O)C(C)N2CCN(C(=O)Cc3ccccc3C)CC2)c1C. The van der Waals surface area contributed by atoms with Crippen LogP contribution < -0.4 is 0 Å². The van der Waals surface area contributed by atoms with Gasteiger partial charge in [-0.05, 0) is 51.3 Å². The normalized spacial score (nSPS) is 15.8. The molecule has 0 saturated carbocycles. The molecule has 0 bridgehead atoms. The number of carbonyl (C=O) groups excluding carboxylic acids is 3. The molecule has 30 heavy (non-hydrogen) atoms. The highest BCUT2D eigenvalue weighted by Gasteiger charge is 2.30. The summed E-state index contributed by atoms with van der Waals surface area (Å²) in [6, 6.07) is 7.65. The summed E-state index contributed by atoms with van der Waals surface area (Å²) in [5.74, 6) is 0.0846. The number of nitrogens with one attached hydrogen (secondary N) is 1. The standard InChI is InChI=1S/C24H31N3O3/c1-15-8-6-7-9-20(15)14-21(29)27-12-10-26(11-13-27)18(4)24(30)23-16(2)22(19(5)28)17(3)25-23/h6-9,18,25H,10-14H2,1-5H3. The summed E-state index contributed by atoms with van der Waals surface area (Å²) >= 11 is 0. The van der Waals surface area contributed by atoms with Gasteiger partial charge in [-0.1, -0.05) is 24.3 Å². The second-order valence-corrected chi connectivity index (χ2v) is 8.24. The number of H-pyrrole nitrogens is 1. The molecule has 0 spiro atoms. The fourth-order valence-corrected chi connectivity index (χ4v) is 4.34. The average Bonchev–Trinajstić information content (AvgIpc) is 3.02. The molecule has 2 aromatic rings. The van der Waals surface area contributed by atoms with E-state index in [-0.39, 0.29) is 23.5 Å². The number of aromatic nitrogens is 1. The van der Waals surface area contributed by atoms with Gasteiger partial charge >= 0.3 is 0 Å². The van der Waals surface area contributed by atoms with Crippen molar-refractivity contribution in [1.82, 2.24) is 14.8 Å². The van der Waals surface area contributed by atoms with Gasteiger partial charge in [-0.2, -0.15) is 0 Å². The Morgan fingerprint density at radius 2 is 1.67 bits per heavy atom. The number of amides is 1. The number of hydrogen-bond acceptors (Lipinski definition) is 4. The predicted molar refractivity (Wildman–Crippen MR) is 117 cm³/mol. The molecule has 0 aliphatic carbocycles. The van der Waals surface area contributed by atoms with Crippen LogP contribution in [-0.4, -0.2) is 64.5 Å². The highest BCUT2D eigenvalue weighted by Crippen LogP contribution is 2.21. The maximum atomic E-state index is 13.1. The molecule has 1 fully saturated rings. The lowest BCUT2D eigenvalue weighted by Gasteiger charge is -2.37. The Hall–Kier alpha value is -2.73. The van der Waals surface area contributed by atoms with Crippen LogP contribution in [0.2, 0.25) is 0 Å². The van der Waals surface area contributed by atoms with Crippen LogP contribution in [0.5, 0.6) is 0 Å². The van der Waals surface area contributed by atoms with Gasteiger partial charge < -0.3 is 9.88 Å². The van der Waals surface area contributed by atoms with Crippen LogP contribution in [0.1, 0.15) is 57.1 Å². The molecule has 1 aromatic heterocycles. The van der Waals surface area contributed by atoms with E-state index in [2.05, 4.69) is 9.88 Å². The number of Topliss-reactive ketones (excluding diaryl/α,β-unsaturated/α-hetero) is 2. The summed E-state index contributed by atoms with van der Waals surface area (Å²) in [6.45, 7) is 11.6. The Bertz CT molecular complexity index is 968. The lowest BCUT2D eigenvalue weighted by atomic mass is 10.0. The number of piperazine rings is 1. The van der Waals surface area contributed by atoms with Gasteiger partial charge in [0.25, 0.3) is 0 Å². The Kier molecular flexibility index (Phi) is 6.56. The van der Waals surface area contributed by atoms with Gasteiger partial charge in [-0.15, -0.1) is 0 Å². The maximum absolute atomic E-state index is 13.1. The number of benzene rings is 1. The number of aromatic amines is 1. The molecule has 6 nitrogen and oxygen atoms in total. The number of rotatable bonds is 6. The zero-order valence-electron chi connectivity index (χ0n) is 18.5. The molecule has 1 aliphatic rings. The van der Waals surface area contributed by atoms with Crippen molar-refractivity contribution in [2.45, 2.75) is 47.1 Å². The van der Waals surface area contributed by atoms with Crippen LogP contribution in [0.25, 0.3) is 0 Å². The van der Waals surface area contributed by atoms with Gasteiger partial charge in [0, 0.05) is 37.4 Å². The summed E-state index contributed by atoms with van der Waals surface area (Å²) in [4.78, 5) is 44.8. The Labute approximate surface area is 178 Å². The molecule has 2 heterocycles. The lowest BCUT2D eigenvalue weighted by Crippen LogP contribution is -2.53. The first-order valence-electron chi connectivity index (χ1n) is 10.5. The summed E-state index contributed by atoms with van der Waals surface area (Å²) < 4.78 is 0. The van der Waals surface area contributed by atoms with Gasteiger partial charge in [-0.25, -0.2) is 0 Å². The van der Waals surface area contributed by atoms with Crippen LogP contribution in [0.15, 0.2) is 24.3 Å². The first-order valence-corrected chi connectivity index (χ1v) is 10.5. The van der Waals surface area contributed by atoms with Crippen LogP contribution in [0.4, 0.5) is 0 Å². The first-order chi connectivity index (χ1) is 14.2. The summed E-state index contributed by atoms with van der Waals surface area (Å²) in [6.07, 6.45) is 0.413. The van der Waals surface area contributed by atoms with Crippen LogP contribution in [-0.2, 0) is 11.2 Å². The van der Waals surface area contributed by atoms with E-state index in [1.165, 1.54) is 6.92 Å². The molecular weight excluding hydrogens is 378 g/mol. The van der Waals surface area contributed by atoms with Crippen molar-refractivity contribution in [3.63, 3.8) is 0 Å². The van der Waals surface area contributed by atoms with Crippen molar-refractivity contribution in [3.05, 3.63) is 57.9 Å². The molecule has 1 amide bonds. The number of ketones is 2. The van der Waals surface area contributed by atoms with Crippen LogP contribution in [0.3, 0.4) is 0 Å². The minimum atomic E-state index is -0.310. The predicted octanol–water partition coefficient (Wildman–Crippen LogP) is 3.10. The van der Waals surface area contributed by atoms with Crippen molar-refractivity contribution in [2.75, 3.05) is 26.2 Å².